The minimum absolute atomic E-state index is 0.285. The number of nitrogens with one attached hydrogen (secondary N) is 1. The van der Waals surface area contributed by atoms with E-state index in [-0.39, 0.29) is 4.99 Å². The van der Waals surface area contributed by atoms with Gasteiger partial charge in [-0.3, -0.25) is 0 Å². The Morgan fingerprint density at radius 3 is 2.78 bits per heavy atom. The van der Waals surface area contributed by atoms with Crippen LogP contribution in [-0.4, -0.2) is 21.0 Å². The van der Waals surface area contributed by atoms with Crippen molar-refractivity contribution >= 4 is 23.0 Å². The van der Waals surface area contributed by atoms with E-state index in [1.54, 1.807) is 12.4 Å². The van der Waals surface area contributed by atoms with E-state index >= 15 is 0 Å². The van der Waals surface area contributed by atoms with E-state index in [1.165, 1.54) is 25.7 Å². The van der Waals surface area contributed by atoms with Crippen LogP contribution in [-0.2, 0) is 0 Å². The summed E-state index contributed by atoms with van der Waals surface area (Å²) in [7, 11) is 0. The van der Waals surface area contributed by atoms with Crippen molar-refractivity contribution in [3.63, 3.8) is 0 Å². The van der Waals surface area contributed by atoms with Crippen molar-refractivity contribution in [3.8, 4) is 0 Å². The first-order valence-electron chi connectivity index (χ1n) is 6.35. The van der Waals surface area contributed by atoms with Gasteiger partial charge in [0.25, 0.3) is 0 Å². The zero-order valence-corrected chi connectivity index (χ0v) is 11.8. The molecular weight excluding hydrogens is 244 g/mol. The zero-order valence-electron chi connectivity index (χ0n) is 10.9. The molecule has 0 aromatic carbocycles. The summed E-state index contributed by atoms with van der Waals surface area (Å²) < 4.78 is 0. The molecule has 1 fully saturated rings. The molecule has 5 heteroatoms. The van der Waals surface area contributed by atoms with Gasteiger partial charge in [-0.1, -0.05) is 32.5 Å². The van der Waals surface area contributed by atoms with Crippen molar-refractivity contribution in [2.24, 2.45) is 11.1 Å². The van der Waals surface area contributed by atoms with Gasteiger partial charge in [0.2, 0.25) is 0 Å². The highest BCUT2D eigenvalue weighted by molar-refractivity contribution is 7.80. The normalized spacial score (nSPS) is 22.4. The average Bonchev–Trinajstić information content (AvgIpc) is 2.28. The molecule has 1 atom stereocenters. The Kier molecular flexibility index (Phi) is 3.80. The Balaban J connectivity index is 1.99. The fraction of sp³-hybridized carbons (Fsp3) is 0.615. The monoisotopic (exact) mass is 264 g/mol. The molecular formula is C13H20N4S. The smallest absolute Gasteiger partial charge is 0.144 e. The number of anilines is 1. The molecule has 0 radical (unpaired) electrons. The molecule has 0 bridgehead atoms. The fourth-order valence-corrected chi connectivity index (χ4v) is 2.67. The van der Waals surface area contributed by atoms with Crippen LogP contribution >= 0.6 is 12.2 Å². The van der Waals surface area contributed by atoms with Crippen LogP contribution in [0.3, 0.4) is 0 Å². The lowest BCUT2D eigenvalue weighted by atomic mass is 9.75. The highest BCUT2D eigenvalue weighted by atomic mass is 32.1. The minimum atomic E-state index is 0.285. The molecule has 1 aromatic heterocycles. The number of thiocarbonyl (C=S) groups is 1. The number of aromatic nitrogens is 2. The molecule has 0 spiro atoms. The molecule has 4 nitrogen and oxygen atoms in total. The Morgan fingerprint density at radius 1 is 1.44 bits per heavy atom. The van der Waals surface area contributed by atoms with Gasteiger partial charge >= 0.3 is 0 Å². The third-order valence-electron chi connectivity index (χ3n) is 3.46. The van der Waals surface area contributed by atoms with Crippen LogP contribution in [0.25, 0.3) is 0 Å². The van der Waals surface area contributed by atoms with E-state index < -0.39 is 0 Å². The van der Waals surface area contributed by atoms with Gasteiger partial charge in [0, 0.05) is 6.04 Å². The van der Waals surface area contributed by atoms with Crippen molar-refractivity contribution < 1.29 is 0 Å². The van der Waals surface area contributed by atoms with Crippen LogP contribution in [0.1, 0.15) is 45.2 Å². The molecule has 0 amide bonds. The van der Waals surface area contributed by atoms with Gasteiger partial charge in [0.05, 0.1) is 12.4 Å². The third-order valence-corrected chi connectivity index (χ3v) is 3.67. The van der Waals surface area contributed by atoms with Gasteiger partial charge in [-0.2, -0.15) is 0 Å². The molecule has 1 aliphatic carbocycles. The average molecular weight is 264 g/mol. The van der Waals surface area contributed by atoms with E-state index in [9.17, 15) is 0 Å². The first-order valence-corrected chi connectivity index (χ1v) is 6.75. The molecule has 0 aliphatic heterocycles. The molecule has 18 heavy (non-hydrogen) atoms. The predicted octanol–water partition coefficient (Wildman–Crippen LogP) is 2.49. The summed E-state index contributed by atoms with van der Waals surface area (Å²) in [6.07, 6.45) is 8.27. The molecule has 1 unspecified atom stereocenters. The van der Waals surface area contributed by atoms with Crippen molar-refractivity contribution in [1.29, 1.82) is 0 Å². The molecule has 1 aromatic rings. The first kappa shape index (κ1) is 13.2. The van der Waals surface area contributed by atoms with Crippen molar-refractivity contribution in [2.75, 3.05) is 5.32 Å². The lowest BCUT2D eigenvalue weighted by Crippen LogP contribution is -2.32. The standard InChI is InChI=1S/C13H20N4S/c1-13(2)5-3-4-9(6-13)17-11-8-15-10(7-16-11)12(14)18/h7-9H,3-6H2,1-2H3,(H2,14,18)(H,16,17). The van der Waals surface area contributed by atoms with Gasteiger partial charge in [-0.05, 0) is 24.7 Å². The number of nitrogens with zero attached hydrogens (tertiary/aromatic N) is 2. The molecule has 1 saturated carbocycles. The van der Waals surface area contributed by atoms with E-state index in [0.717, 1.165) is 5.82 Å². The number of nitrogens with two attached hydrogens (primary N) is 1. The van der Waals surface area contributed by atoms with Gasteiger partial charge in [-0.25, -0.2) is 9.97 Å². The van der Waals surface area contributed by atoms with Crippen molar-refractivity contribution in [3.05, 3.63) is 18.1 Å². The predicted molar refractivity (Wildman–Crippen MR) is 77.6 cm³/mol. The van der Waals surface area contributed by atoms with Crippen LogP contribution in [0.2, 0.25) is 0 Å². The summed E-state index contributed by atoms with van der Waals surface area (Å²) in [6, 6.07) is 0.485. The summed E-state index contributed by atoms with van der Waals surface area (Å²) in [5, 5.41) is 3.44. The number of rotatable bonds is 3. The van der Waals surface area contributed by atoms with Gasteiger partial charge in [0.1, 0.15) is 16.5 Å². The fourth-order valence-electron chi connectivity index (χ4n) is 2.56. The second-order valence-electron chi connectivity index (χ2n) is 5.75. The van der Waals surface area contributed by atoms with Gasteiger partial charge < -0.3 is 11.1 Å². The summed E-state index contributed by atoms with van der Waals surface area (Å²) in [5.74, 6) is 0.803. The highest BCUT2D eigenvalue weighted by Crippen LogP contribution is 2.36. The van der Waals surface area contributed by atoms with Gasteiger partial charge in [0.15, 0.2) is 0 Å². The van der Waals surface area contributed by atoms with Crippen LogP contribution in [0.4, 0.5) is 5.82 Å². The van der Waals surface area contributed by atoms with Crippen LogP contribution in [0.15, 0.2) is 12.4 Å². The molecule has 2 rings (SSSR count). The number of hydrogen-bond donors (Lipinski definition) is 2. The molecule has 1 aliphatic rings. The second kappa shape index (κ2) is 5.18. The van der Waals surface area contributed by atoms with E-state index in [1.807, 2.05) is 0 Å². The van der Waals surface area contributed by atoms with E-state index in [2.05, 4.69) is 29.1 Å². The first-order chi connectivity index (χ1) is 8.46. The summed E-state index contributed by atoms with van der Waals surface area (Å²) in [4.78, 5) is 8.77. The second-order valence-corrected chi connectivity index (χ2v) is 6.19. The topological polar surface area (TPSA) is 63.8 Å². The van der Waals surface area contributed by atoms with Crippen LogP contribution in [0.5, 0.6) is 0 Å². The molecule has 0 saturated heterocycles. The Labute approximate surface area is 113 Å². The maximum Gasteiger partial charge on any atom is 0.144 e. The maximum atomic E-state index is 5.49. The minimum Gasteiger partial charge on any atom is -0.388 e. The van der Waals surface area contributed by atoms with Crippen molar-refractivity contribution in [1.82, 2.24) is 9.97 Å². The van der Waals surface area contributed by atoms with E-state index in [4.69, 9.17) is 18.0 Å². The molecule has 98 valence electrons. The quantitative estimate of drug-likeness (QED) is 0.821. The lowest BCUT2D eigenvalue weighted by molar-refractivity contribution is 0.229. The Morgan fingerprint density at radius 2 is 2.22 bits per heavy atom. The highest BCUT2D eigenvalue weighted by Gasteiger charge is 2.27. The van der Waals surface area contributed by atoms with Crippen LogP contribution in [0, 0.1) is 5.41 Å². The Bertz CT molecular complexity index is 427. The summed E-state index contributed by atoms with van der Waals surface area (Å²) >= 11 is 4.85. The third kappa shape index (κ3) is 3.38. The summed E-state index contributed by atoms with van der Waals surface area (Å²) in [5.41, 5.74) is 6.48. The molecule has 1 heterocycles. The van der Waals surface area contributed by atoms with Crippen LogP contribution < -0.4 is 11.1 Å². The summed E-state index contributed by atoms with van der Waals surface area (Å²) in [6.45, 7) is 4.64. The van der Waals surface area contributed by atoms with E-state index in [0.29, 0.717) is 17.2 Å². The SMILES string of the molecule is CC1(C)CCCC(Nc2cnc(C(N)=S)cn2)C1. The zero-order chi connectivity index (χ0) is 13.2. The number of hydrogen-bond acceptors (Lipinski definition) is 4. The maximum absolute atomic E-state index is 5.49. The Hall–Kier alpha value is -1.23. The van der Waals surface area contributed by atoms with Crippen molar-refractivity contribution in [2.45, 2.75) is 45.6 Å². The van der Waals surface area contributed by atoms with Gasteiger partial charge in [-0.15, -0.1) is 0 Å². The largest absolute Gasteiger partial charge is 0.388 e. The lowest BCUT2D eigenvalue weighted by Gasteiger charge is -2.35. The molecule has 3 N–H and O–H groups in total.